The van der Waals surface area contributed by atoms with E-state index in [-0.39, 0.29) is 5.91 Å². The predicted molar refractivity (Wildman–Crippen MR) is 81.6 cm³/mol. The number of thioether (sulfide) groups is 1. The van der Waals surface area contributed by atoms with Crippen molar-refractivity contribution in [3.8, 4) is 0 Å². The zero-order valence-electron chi connectivity index (χ0n) is 12.1. The summed E-state index contributed by atoms with van der Waals surface area (Å²) in [6, 6.07) is 7.60. The number of carbonyl (C=O) groups excluding carboxylic acids is 2. The van der Waals surface area contributed by atoms with E-state index in [1.807, 2.05) is 25.1 Å². The molecule has 110 valence electrons. The van der Waals surface area contributed by atoms with Gasteiger partial charge >= 0.3 is 5.97 Å². The number of hydrogen-bond donors (Lipinski definition) is 1. The zero-order chi connectivity index (χ0) is 15.0. The molecule has 0 aliphatic rings. The van der Waals surface area contributed by atoms with E-state index < -0.39 is 12.0 Å². The number of nitrogens with one attached hydrogen (secondary N) is 1. The molecule has 5 heteroatoms. The highest BCUT2D eigenvalue weighted by atomic mass is 32.2. The molecule has 0 bridgehead atoms. The Morgan fingerprint density at radius 2 is 2.15 bits per heavy atom. The first kappa shape index (κ1) is 16.6. The van der Waals surface area contributed by atoms with E-state index in [2.05, 4.69) is 11.4 Å². The summed E-state index contributed by atoms with van der Waals surface area (Å²) >= 11 is 1.53. The molecular weight excluding hydrogens is 274 g/mol. The van der Waals surface area contributed by atoms with Gasteiger partial charge in [-0.15, -0.1) is 11.8 Å². The van der Waals surface area contributed by atoms with Crippen molar-refractivity contribution < 1.29 is 14.3 Å². The van der Waals surface area contributed by atoms with Crippen LogP contribution in [-0.4, -0.2) is 30.3 Å². The number of amides is 1. The summed E-state index contributed by atoms with van der Waals surface area (Å²) in [5.41, 5.74) is 2.41. The minimum absolute atomic E-state index is 0.150. The van der Waals surface area contributed by atoms with Crippen molar-refractivity contribution in [2.45, 2.75) is 32.6 Å². The third kappa shape index (κ3) is 6.10. The van der Waals surface area contributed by atoms with Gasteiger partial charge in [-0.2, -0.15) is 0 Å². The van der Waals surface area contributed by atoms with Gasteiger partial charge in [-0.25, -0.2) is 4.79 Å². The molecule has 1 N–H and O–H groups in total. The van der Waals surface area contributed by atoms with Gasteiger partial charge in [0.25, 0.3) is 0 Å². The Balaban J connectivity index is 2.28. The van der Waals surface area contributed by atoms with E-state index in [9.17, 15) is 9.59 Å². The van der Waals surface area contributed by atoms with Crippen molar-refractivity contribution in [1.82, 2.24) is 5.32 Å². The maximum atomic E-state index is 11.7. The van der Waals surface area contributed by atoms with E-state index in [4.69, 9.17) is 4.74 Å². The molecule has 0 heterocycles. The molecule has 0 saturated carbocycles. The van der Waals surface area contributed by atoms with Gasteiger partial charge in [0.2, 0.25) is 5.91 Å². The number of carbonyl (C=O) groups is 2. The van der Waals surface area contributed by atoms with Crippen molar-refractivity contribution in [2.24, 2.45) is 0 Å². The minimum atomic E-state index is -0.595. The molecule has 0 saturated heterocycles. The van der Waals surface area contributed by atoms with Crippen LogP contribution in [0.5, 0.6) is 0 Å². The third-order valence-corrected chi connectivity index (χ3v) is 3.61. The van der Waals surface area contributed by atoms with Crippen molar-refractivity contribution in [2.75, 3.05) is 12.4 Å². The summed E-state index contributed by atoms with van der Waals surface area (Å²) in [7, 11) is 0. The third-order valence-electron chi connectivity index (χ3n) is 2.60. The minimum Gasteiger partial charge on any atom is -0.464 e. The lowest BCUT2D eigenvalue weighted by Crippen LogP contribution is -2.40. The SMILES string of the molecule is CCOC(=O)C(C)NC(=O)CSCc1cccc(C)c1. The monoisotopic (exact) mass is 295 g/mol. The van der Waals surface area contributed by atoms with Crippen LogP contribution in [-0.2, 0) is 20.1 Å². The summed E-state index contributed by atoms with van der Waals surface area (Å²) in [6.45, 7) is 5.73. The number of benzene rings is 1. The highest BCUT2D eigenvalue weighted by molar-refractivity contribution is 7.99. The Bertz CT molecular complexity index is 462. The van der Waals surface area contributed by atoms with Gasteiger partial charge in [0.1, 0.15) is 6.04 Å². The maximum Gasteiger partial charge on any atom is 0.328 e. The molecule has 1 amide bonds. The molecule has 0 aliphatic heterocycles. The van der Waals surface area contributed by atoms with Crippen LogP contribution in [0.2, 0.25) is 0 Å². The summed E-state index contributed by atoms with van der Waals surface area (Å²) in [6.07, 6.45) is 0. The van der Waals surface area contributed by atoms with E-state index in [1.165, 1.54) is 22.9 Å². The van der Waals surface area contributed by atoms with E-state index in [1.54, 1.807) is 13.8 Å². The van der Waals surface area contributed by atoms with Crippen LogP contribution in [0.4, 0.5) is 0 Å². The van der Waals surface area contributed by atoms with Crippen LogP contribution in [0.1, 0.15) is 25.0 Å². The van der Waals surface area contributed by atoms with E-state index in [0.29, 0.717) is 12.4 Å². The fourth-order valence-electron chi connectivity index (χ4n) is 1.67. The van der Waals surface area contributed by atoms with Crippen LogP contribution in [0.25, 0.3) is 0 Å². The molecule has 1 unspecified atom stereocenters. The Morgan fingerprint density at radius 1 is 1.40 bits per heavy atom. The lowest BCUT2D eigenvalue weighted by atomic mass is 10.2. The smallest absolute Gasteiger partial charge is 0.328 e. The Morgan fingerprint density at radius 3 is 2.80 bits per heavy atom. The molecule has 1 rings (SSSR count). The Labute approximate surface area is 124 Å². The van der Waals surface area contributed by atoms with Gasteiger partial charge in [-0.3, -0.25) is 4.79 Å². The molecular formula is C15H21NO3S. The molecule has 4 nitrogen and oxygen atoms in total. The molecule has 0 radical (unpaired) electrons. The second kappa shape index (κ2) is 8.64. The van der Waals surface area contributed by atoms with Crippen LogP contribution in [0.3, 0.4) is 0 Å². The first-order chi connectivity index (χ1) is 9.52. The molecule has 20 heavy (non-hydrogen) atoms. The van der Waals surface area contributed by atoms with E-state index >= 15 is 0 Å². The topological polar surface area (TPSA) is 55.4 Å². The number of esters is 1. The summed E-state index contributed by atoms with van der Waals surface area (Å²) in [5, 5.41) is 2.63. The lowest BCUT2D eigenvalue weighted by Gasteiger charge is -2.12. The van der Waals surface area contributed by atoms with E-state index in [0.717, 1.165) is 5.75 Å². The van der Waals surface area contributed by atoms with Crippen LogP contribution in [0.15, 0.2) is 24.3 Å². The molecule has 1 atom stereocenters. The van der Waals surface area contributed by atoms with Gasteiger partial charge in [0.15, 0.2) is 0 Å². The molecule has 0 spiro atoms. The Kier molecular flexibility index (Phi) is 7.15. The average molecular weight is 295 g/mol. The van der Waals surface area contributed by atoms with Crippen molar-refractivity contribution in [3.05, 3.63) is 35.4 Å². The molecule has 0 aromatic heterocycles. The van der Waals surface area contributed by atoms with Gasteiger partial charge in [0, 0.05) is 5.75 Å². The zero-order valence-corrected chi connectivity index (χ0v) is 13.0. The average Bonchev–Trinajstić information content (AvgIpc) is 2.39. The maximum absolute atomic E-state index is 11.7. The predicted octanol–water partition coefficient (Wildman–Crippen LogP) is 2.30. The van der Waals surface area contributed by atoms with Gasteiger partial charge in [-0.1, -0.05) is 29.8 Å². The van der Waals surface area contributed by atoms with Gasteiger partial charge in [-0.05, 0) is 26.3 Å². The number of ether oxygens (including phenoxy) is 1. The van der Waals surface area contributed by atoms with Crippen LogP contribution < -0.4 is 5.32 Å². The van der Waals surface area contributed by atoms with Gasteiger partial charge in [0.05, 0.1) is 12.4 Å². The summed E-state index contributed by atoms with van der Waals surface area (Å²) in [5.74, 6) is 0.563. The number of hydrogen-bond acceptors (Lipinski definition) is 4. The number of aryl methyl sites for hydroxylation is 1. The fourth-order valence-corrected chi connectivity index (χ4v) is 2.46. The first-order valence-electron chi connectivity index (χ1n) is 6.62. The summed E-state index contributed by atoms with van der Waals surface area (Å²) < 4.78 is 4.83. The standard InChI is InChI=1S/C15H21NO3S/c1-4-19-15(18)12(3)16-14(17)10-20-9-13-7-5-6-11(2)8-13/h5-8,12H,4,9-10H2,1-3H3,(H,16,17). The molecule has 0 aliphatic carbocycles. The van der Waals surface area contributed by atoms with Crippen LogP contribution in [0, 0.1) is 6.92 Å². The molecule has 0 fully saturated rings. The largest absolute Gasteiger partial charge is 0.464 e. The van der Waals surface area contributed by atoms with Crippen molar-refractivity contribution in [3.63, 3.8) is 0 Å². The summed E-state index contributed by atoms with van der Waals surface area (Å²) in [4.78, 5) is 23.0. The van der Waals surface area contributed by atoms with Gasteiger partial charge < -0.3 is 10.1 Å². The second-order valence-corrected chi connectivity index (χ2v) is 5.51. The quantitative estimate of drug-likeness (QED) is 0.784. The normalized spacial score (nSPS) is 11.8. The molecule has 1 aromatic carbocycles. The fraction of sp³-hybridized carbons (Fsp3) is 0.467. The number of rotatable bonds is 7. The lowest BCUT2D eigenvalue weighted by molar-refractivity contribution is -0.146. The highest BCUT2D eigenvalue weighted by Gasteiger charge is 2.16. The Hall–Kier alpha value is -1.49. The first-order valence-corrected chi connectivity index (χ1v) is 7.77. The van der Waals surface area contributed by atoms with Crippen molar-refractivity contribution >= 4 is 23.6 Å². The van der Waals surface area contributed by atoms with Crippen LogP contribution >= 0.6 is 11.8 Å². The second-order valence-electron chi connectivity index (χ2n) is 4.52. The highest BCUT2D eigenvalue weighted by Crippen LogP contribution is 2.13. The molecule has 1 aromatic rings. The van der Waals surface area contributed by atoms with Crippen molar-refractivity contribution in [1.29, 1.82) is 0 Å².